The average Bonchev–Trinajstić information content (AvgIpc) is 3.03. The molecule has 3 aromatic rings. The molecule has 0 aliphatic heterocycles. The summed E-state index contributed by atoms with van der Waals surface area (Å²) in [5.74, 6) is -0.343. The van der Waals surface area contributed by atoms with Crippen molar-refractivity contribution in [3.05, 3.63) is 71.2 Å². The molecule has 0 bridgehead atoms. The van der Waals surface area contributed by atoms with Gasteiger partial charge in [0.2, 0.25) is 0 Å². The zero-order valence-electron chi connectivity index (χ0n) is 14.2. The zero-order valence-corrected chi connectivity index (χ0v) is 15.0. The molecule has 0 atom stereocenters. The van der Waals surface area contributed by atoms with Crippen molar-refractivity contribution in [2.45, 2.75) is 18.7 Å². The van der Waals surface area contributed by atoms with E-state index in [1.807, 2.05) is 6.92 Å². The third-order valence-corrected chi connectivity index (χ3v) is 5.18. The summed E-state index contributed by atoms with van der Waals surface area (Å²) >= 11 is 0. The van der Waals surface area contributed by atoms with Crippen LogP contribution in [0, 0.1) is 19.7 Å². The zero-order chi connectivity index (χ0) is 18.7. The van der Waals surface area contributed by atoms with Crippen LogP contribution in [0.4, 0.5) is 4.39 Å². The van der Waals surface area contributed by atoms with Gasteiger partial charge in [0.25, 0.3) is 10.0 Å². The average molecular weight is 372 g/mol. The highest BCUT2D eigenvalue weighted by molar-refractivity contribution is 7.89. The number of nitrogens with zero attached hydrogens (tertiary/aromatic N) is 2. The summed E-state index contributed by atoms with van der Waals surface area (Å²) in [5, 5.41) is 10.6. The number of aromatic nitrogens is 2. The molecular formula is C18H17FN4O2S. The molecule has 8 heteroatoms. The van der Waals surface area contributed by atoms with Crippen molar-refractivity contribution < 1.29 is 12.8 Å². The van der Waals surface area contributed by atoms with Crippen LogP contribution >= 0.6 is 0 Å². The molecule has 0 amide bonds. The lowest BCUT2D eigenvalue weighted by atomic mass is 10.1. The van der Waals surface area contributed by atoms with E-state index in [2.05, 4.69) is 20.1 Å². The van der Waals surface area contributed by atoms with Gasteiger partial charge in [0.1, 0.15) is 5.82 Å². The van der Waals surface area contributed by atoms with Crippen LogP contribution in [-0.2, 0) is 10.0 Å². The fourth-order valence-corrected chi connectivity index (χ4v) is 3.58. The number of hydrazone groups is 1. The Hall–Kier alpha value is -3.00. The second kappa shape index (κ2) is 7.09. The van der Waals surface area contributed by atoms with E-state index in [0.717, 1.165) is 5.56 Å². The number of aryl methyl sites for hydroxylation is 2. The van der Waals surface area contributed by atoms with Gasteiger partial charge < -0.3 is 0 Å². The lowest BCUT2D eigenvalue weighted by molar-refractivity contribution is 0.584. The number of hydrogen-bond donors (Lipinski definition) is 2. The largest absolute Gasteiger partial charge is 0.277 e. The van der Waals surface area contributed by atoms with E-state index in [9.17, 15) is 12.8 Å². The van der Waals surface area contributed by atoms with Crippen LogP contribution in [0.25, 0.3) is 11.3 Å². The van der Waals surface area contributed by atoms with Crippen LogP contribution in [0.5, 0.6) is 0 Å². The molecule has 3 rings (SSSR count). The van der Waals surface area contributed by atoms with Crippen LogP contribution in [0.15, 0.2) is 58.7 Å². The van der Waals surface area contributed by atoms with Crippen LogP contribution in [0.1, 0.15) is 16.7 Å². The monoisotopic (exact) mass is 372 g/mol. The molecule has 0 spiro atoms. The standard InChI is InChI=1S/C18H17FN4O2S/c1-12-3-8-17(13(2)9-12)26(24,25)23-21-11-15-10-20-22-18(15)14-4-6-16(19)7-5-14/h3-11,23H,1-2H3,(H,20,22). The first-order valence-corrected chi connectivity index (χ1v) is 9.26. The Morgan fingerprint density at radius 2 is 1.88 bits per heavy atom. The summed E-state index contributed by atoms with van der Waals surface area (Å²) in [4.78, 5) is 2.37. The fraction of sp³-hybridized carbons (Fsp3) is 0.111. The number of halogens is 1. The number of hydrogen-bond acceptors (Lipinski definition) is 4. The van der Waals surface area contributed by atoms with E-state index < -0.39 is 10.0 Å². The Morgan fingerprint density at radius 1 is 1.15 bits per heavy atom. The highest BCUT2D eigenvalue weighted by Crippen LogP contribution is 2.20. The van der Waals surface area contributed by atoms with E-state index in [1.165, 1.54) is 24.5 Å². The van der Waals surface area contributed by atoms with Crippen molar-refractivity contribution in [1.29, 1.82) is 0 Å². The van der Waals surface area contributed by atoms with Gasteiger partial charge in [-0.15, -0.1) is 0 Å². The Labute approximate surface area is 150 Å². The maximum Gasteiger partial charge on any atom is 0.276 e. The molecule has 0 unspecified atom stereocenters. The number of H-pyrrole nitrogens is 1. The van der Waals surface area contributed by atoms with Crippen LogP contribution < -0.4 is 4.83 Å². The second-order valence-corrected chi connectivity index (χ2v) is 7.46. The van der Waals surface area contributed by atoms with Gasteiger partial charge in [0.05, 0.1) is 23.0 Å². The molecule has 6 nitrogen and oxygen atoms in total. The highest BCUT2D eigenvalue weighted by Gasteiger charge is 2.15. The fourth-order valence-electron chi connectivity index (χ4n) is 2.56. The summed E-state index contributed by atoms with van der Waals surface area (Å²) in [7, 11) is -3.77. The Bertz CT molecular complexity index is 1060. The summed E-state index contributed by atoms with van der Waals surface area (Å²) in [6, 6.07) is 10.9. The lowest BCUT2D eigenvalue weighted by Gasteiger charge is -2.07. The third-order valence-electron chi connectivity index (χ3n) is 3.80. The summed E-state index contributed by atoms with van der Waals surface area (Å²) in [6.45, 7) is 3.62. The predicted molar refractivity (Wildman–Crippen MR) is 97.8 cm³/mol. The van der Waals surface area contributed by atoms with Gasteiger partial charge in [0, 0.05) is 11.1 Å². The predicted octanol–water partition coefficient (Wildman–Crippen LogP) is 3.15. The molecule has 2 aromatic carbocycles. The molecule has 0 saturated heterocycles. The molecule has 0 fully saturated rings. The van der Waals surface area contributed by atoms with E-state index in [-0.39, 0.29) is 10.7 Å². The topological polar surface area (TPSA) is 87.2 Å². The van der Waals surface area contributed by atoms with Gasteiger partial charge in [0.15, 0.2) is 0 Å². The summed E-state index contributed by atoms with van der Waals surface area (Å²) < 4.78 is 37.8. The second-order valence-electron chi connectivity index (χ2n) is 5.83. The van der Waals surface area contributed by atoms with Crippen molar-refractivity contribution in [2.75, 3.05) is 0 Å². The molecule has 0 saturated carbocycles. The first kappa shape index (κ1) is 17.8. The minimum Gasteiger partial charge on any atom is -0.277 e. The van der Waals surface area contributed by atoms with Crippen molar-refractivity contribution in [1.82, 2.24) is 15.0 Å². The first-order valence-electron chi connectivity index (χ1n) is 7.78. The van der Waals surface area contributed by atoms with Crippen molar-refractivity contribution in [3.63, 3.8) is 0 Å². The van der Waals surface area contributed by atoms with E-state index in [4.69, 9.17) is 0 Å². The van der Waals surface area contributed by atoms with Gasteiger partial charge in [-0.2, -0.15) is 18.6 Å². The van der Waals surface area contributed by atoms with Crippen molar-refractivity contribution >= 4 is 16.2 Å². The van der Waals surface area contributed by atoms with Crippen molar-refractivity contribution in [2.24, 2.45) is 5.10 Å². The van der Waals surface area contributed by atoms with E-state index >= 15 is 0 Å². The van der Waals surface area contributed by atoms with Gasteiger partial charge >= 0.3 is 0 Å². The first-order chi connectivity index (χ1) is 12.4. The van der Waals surface area contributed by atoms with E-state index in [1.54, 1.807) is 37.3 Å². The van der Waals surface area contributed by atoms with Gasteiger partial charge in [-0.25, -0.2) is 9.22 Å². The summed E-state index contributed by atoms with van der Waals surface area (Å²) in [6.07, 6.45) is 2.86. The van der Waals surface area contributed by atoms with Gasteiger partial charge in [-0.3, -0.25) is 5.10 Å². The molecule has 134 valence electrons. The molecule has 0 aliphatic carbocycles. The minimum atomic E-state index is -3.77. The molecule has 0 aliphatic rings. The minimum absolute atomic E-state index is 0.172. The van der Waals surface area contributed by atoms with Crippen molar-refractivity contribution in [3.8, 4) is 11.3 Å². The number of benzene rings is 2. The highest BCUT2D eigenvalue weighted by atomic mass is 32.2. The van der Waals surface area contributed by atoms with Crippen LogP contribution in [-0.4, -0.2) is 24.8 Å². The lowest BCUT2D eigenvalue weighted by Crippen LogP contribution is -2.19. The Balaban J connectivity index is 1.81. The SMILES string of the molecule is Cc1ccc(S(=O)(=O)NN=Cc2cn[nH]c2-c2ccc(F)cc2)c(C)c1. The molecule has 2 N–H and O–H groups in total. The van der Waals surface area contributed by atoms with Gasteiger partial charge in [-0.1, -0.05) is 17.7 Å². The third kappa shape index (κ3) is 3.80. The molecule has 26 heavy (non-hydrogen) atoms. The molecule has 1 heterocycles. The van der Waals surface area contributed by atoms with Gasteiger partial charge in [-0.05, 0) is 49.7 Å². The van der Waals surface area contributed by atoms with Crippen LogP contribution in [0.3, 0.4) is 0 Å². The van der Waals surface area contributed by atoms with E-state index in [0.29, 0.717) is 22.4 Å². The number of sulfonamides is 1. The Morgan fingerprint density at radius 3 is 2.58 bits per heavy atom. The summed E-state index contributed by atoms with van der Waals surface area (Å²) in [5.41, 5.74) is 3.51. The molecule has 0 radical (unpaired) electrons. The maximum absolute atomic E-state index is 13.1. The molecular weight excluding hydrogens is 355 g/mol. The quantitative estimate of drug-likeness (QED) is 0.533. The smallest absolute Gasteiger partial charge is 0.276 e. The number of aromatic amines is 1. The van der Waals surface area contributed by atoms with Crippen LogP contribution in [0.2, 0.25) is 0 Å². The number of nitrogens with one attached hydrogen (secondary N) is 2. The normalized spacial score (nSPS) is 11.8. The number of rotatable bonds is 5. The maximum atomic E-state index is 13.1. The molecule has 1 aromatic heterocycles. The Kier molecular flexibility index (Phi) is 4.85.